The Morgan fingerprint density at radius 2 is 1.58 bits per heavy atom. The molecule has 0 spiro atoms. The number of aromatic nitrogens is 2. The van der Waals surface area contributed by atoms with Gasteiger partial charge < -0.3 is 4.74 Å². The van der Waals surface area contributed by atoms with Crippen molar-refractivity contribution in [2.75, 3.05) is 7.11 Å². The largest absolute Gasteiger partial charge is 0.468 e. The number of nitrogens with zero attached hydrogens (tertiary/aromatic N) is 2. The molecule has 5 nitrogen and oxygen atoms in total. The molecule has 120 valence electrons. The monoisotopic (exact) mass is 320 g/mol. The maximum Gasteiger partial charge on any atom is 0.325 e. The average Bonchev–Trinajstić information content (AvgIpc) is 2.64. The molecule has 0 fully saturated rings. The second kappa shape index (κ2) is 6.91. The minimum Gasteiger partial charge on any atom is -0.468 e. The molecule has 0 saturated heterocycles. The van der Waals surface area contributed by atoms with Crippen LogP contribution in [0.3, 0.4) is 0 Å². The Morgan fingerprint density at radius 3 is 2.17 bits per heavy atom. The highest BCUT2D eigenvalue weighted by Gasteiger charge is 2.16. The summed E-state index contributed by atoms with van der Waals surface area (Å²) in [5.74, 6) is -0.0630. The van der Waals surface area contributed by atoms with Gasteiger partial charge in [0.25, 0.3) is 5.56 Å². The molecule has 0 atom stereocenters. The minimum atomic E-state index is -0.499. The van der Waals surface area contributed by atoms with Gasteiger partial charge in [0.15, 0.2) is 0 Å². The van der Waals surface area contributed by atoms with Crippen LogP contribution >= 0.6 is 0 Å². The summed E-state index contributed by atoms with van der Waals surface area (Å²) < 4.78 is 6.07. The smallest absolute Gasteiger partial charge is 0.325 e. The predicted molar refractivity (Wildman–Crippen MR) is 91.4 cm³/mol. The summed E-state index contributed by atoms with van der Waals surface area (Å²) in [4.78, 5) is 29.1. The molecule has 0 aliphatic carbocycles. The van der Waals surface area contributed by atoms with Crippen LogP contribution in [0.25, 0.3) is 22.5 Å². The molecule has 0 bridgehead atoms. The molecule has 0 saturated carbocycles. The number of esters is 1. The van der Waals surface area contributed by atoms with Crippen LogP contribution in [0, 0.1) is 0 Å². The number of benzene rings is 2. The second-order valence-corrected chi connectivity index (χ2v) is 5.19. The molecule has 0 aliphatic heterocycles. The third-order valence-electron chi connectivity index (χ3n) is 3.68. The van der Waals surface area contributed by atoms with Gasteiger partial charge in [-0.25, -0.2) is 4.98 Å². The highest BCUT2D eigenvalue weighted by Crippen LogP contribution is 2.19. The zero-order valence-electron chi connectivity index (χ0n) is 13.2. The van der Waals surface area contributed by atoms with Crippen LogP contribution in [0.1, 0.15) is 0 Å². The fraction of sp³-hybridized carbons (Fsp3) is 0.105. The third-order valence-corrected chi connectivity index (χ3v) is 3.68. The lowest BCUT2D eigenvalue weighted by Gasteiger charge is -2.13. The van der Waals surface area contributed by atoms with E-state index in [0.717, 1.165) is 11.1 Å². The van der Waals surface area contributed by atoms with Crippen LogP contribution in [0.5, 0.6) is 0 Å². The van der Waals surface area contributed by atoms with E-state index < -0.39 is 5.97 Å². The minimum absolute atomic E-state index is 0.187. The number of methoxy groups -OCH3 is 1. The zero-order valence-corrected chi connectivity index (χ0v) is 13.2. The van der Waals surface area contributed by atoms with Crippen LogP contribution in [0.2, 0.25) is 0 Å². The van der Waals surface area contributed by atoms with Crippen LogP contribution in [-0.4, -0.2) is 22.6 Å². The summed E-state index contributed by atoms with van der Waals surface area (Å²) in [6, 6.07) is 18.5. The van der Waals surface area contributed by atoms with Crippen molar-refractivity contribution in [3.05, 3.63) is 77.2 Å². The highest BCUT2D eigenvalue weighted by molar-refractivity contribution is 5.71. The van der Waals surface area contributed by atoms with Gasteiger partial charge in [0.2, 0.25) is 0 Å². The predicted octanol–water partition coefficient (Wildman–Crippen LogP) is 2.75. The van der Waals surface area contributed by atoms with Gasteiger partial charge in [0.1, 0.15) is 12.4 Å². The van der Waals surface area contributed by atoms with Crippen LogP contribution < -0.4 is 5.56 Å². The van der Waals surface area contributed by atoms with Crippen LogP contribution in [-0.2, 0) is 16.1 Å². The molecule has 1 heterocycles. The molecule has 2 aromatic carbocycles. The van der Waals surface area contributed by atoms with Crippen LogP contribution in [0.4, 0.5) is 0 Å². The van der Waals surface area contributed by atoms with Gasteiger partial charge >= 0.3 is 5.97 Å². The van der Waals surface area contributed by atoms with E-state index in [0.29, 0.717) is 11.4 Å². The number of carbonyl (C=O) groups excluding carboxylic acids is 1. The van der Waals surface area contributed by atoms with Crippen molar-refractivity contribution in [1.29, 1.82) is 0 Å². The Balaban J connectivity index is 2.19. The Bertz CT molecular complexity index is 903. The summed E-state index contributed by atoms with van der Waals surface area (Å²) in [5.41, 5.74) is 1.69. The molecule has 3 rings (SSSR count). The molecule has 1 aromatic heterocycles. The Morgan fingerprint density at radius 1 is 1.00 bits per heavy atom. The number of ether oxygens (including phenoxy) is 1. The summed E-state index contributed by atoms with van der Waals surface area (Å²) in [5, 5.41) is 0. The molecule has 0 radical (unpaired) electrons. The van der Waals surface area contributed by atoms with Crippen molar-refractivity contribution >= 4 is 5.97 Å². The maximum atomic E-state index is 12.9. The summed E-state index contributed by atoms with van der Waals surface area (Å²) in [7, 11) is 1.30. The van der Waals surface area contributed by atoms with Crippen molar-refractivity contribution in [3.8, 4) is 22.5 Å². The van der Waals surface area contributed by atoms with E-state index in [2.05, 4.69) is 4.98 Å². The quantitative estimate of drug-likeness (QED) is 0.694. The van der Waals surface area contributed by atoms with E-state index in [1.807, 2.05) is 60.7 Å². The molecule has 3 aromatic rings. The molecule has 0 amide bonds. The Labute approximate surface area is 139 Å². The van der Waals surface area contributed by atoms with Gasteiger partial charge in [-0.3, -0.25) is 14.2 Å². The van der Waals surface area contributed by atoms with Gasteiger partial charge in [0, 0.05) is 11.8 Å². The fourth-order valence-electron chi connectivity index (χ4n) is 2.47. The molecular weight excluding hydrogens is 304 g/mol. The Hall–Kier alpha value is -3.21. The molecule has 24 heavy (non-hydrogen) atoms. The second-order valence-electron chi connectivity index (χ2n) is 5.19. The maximum absolute atomic E-state index is 12.9. The normalized spacial score (nSPS) is 10.4. The average molecular weight is 320 g/mol. The molecular formula is C19H16N2O3. The van der Waals surface area contributed by atoms with Crippen LogP contribution in [0.15, 0.2) is 71.7 Å². The van der Waals surface area contributed by atoms with Gasteiger partial charge in [-0.1, -0.05) is 60.7 Å². The summed E-state index contributed by atoms with van der Waals surface area (Å²) in [6.45, 7) is -0.187. The van der Waals surface area contributed by atoms with Gasteiger partial charge in [0.05, 0.1) is 12.7 Å². The van der Waals surface area contributed by atoms with Crippen molar-refractivity contribution in [2.24, 2.45) is 0 Å². The first kappa shape index (κ1) is 15.7. The van der Waals surface area contributed by atoms with E-state index in [4.69, 9.17) is 4.74 Å². The van der Waals surface area contributed by atoms with E-state index in [9.17, 15) is 9.59 Å². The van der Waals surface area contributed by atoms with E-state index in [-0.39, 0.29) is 12.1 Å². The first-order valence-electron chi connectivity index (χ1n) is 7.48. The number of rotatable bonds is 4. The molecule has 5 heteroatoms. The zero-order chi connectivity index (χ0) is 16.9. The number of hydrogen-bond donors (Lipinski definition) is 0. The van der Waals surface area contributed by atoms with E-state index >= 15 is 0 Å². The summed E-state index contributed by atoms with van der Waals surface area (Å²) in [6.07, 6.45) is 1.55. The highest BCUT2D eigenvalue weighted by atomic mass is 16.5. The SMILES string of the molecule is COC(=O)Cn1c(-c2ccccc2)ncc(-c2ccccc2)c1=O. The lowest BCUT2D eigenvalue weighted by atomic mass is 10.1. The molecule has 0 unspecified atom stereocenters. The van der Waals surface area contributed by atoms with Crippen molar-refractivity contribution in [1.82, 2.24) is 9.55 Å². The van der Waals surface area contributed by atoms with Gasteiger partial charge in [-0.2, -0.15) is 0 Å². The Kier molecular flexibility index (Phi) is 4.52. The number of carbonyl (C=O) groups is 1. The van der Waals surface area contributed by atoms with Gasteiger partial charge in [-0.15, -0.1) is 0 Å². The first-order chi connectivity index (χ1) is 11.7. The first-order valence-corrected chi connectivity index (χ1v) is 7.48. The fourth-order valence-corrected chi connectivity index (χ4v) is 2.47. The lowest BCUT2D eigenvalue weighted by molar-refractivity contribution is -0.141. The van der Waals surface area contributed by atoms with Gasteiger partial charge in [-0.05, 0) is 5.56 Å². The summed E-state index contributed by atoms with van der Waals surface area (Å²) >= 11 is 0. The molecule has 0 aliphatic rings. The topological polar surface area (TPSA) is 61.2 Å². The van der Waals surface area contributed by atoms with Crippen molar-refractivity contribution in [3.63, 3.8) is 0 Å². The van der Waals surface area contributed by atoms with E-state index in [1.165, 1.54) is 11.7 Å². The lowest BCUT2D eigenvalue weighted by Crippen LogP contribution is -2.28. The molecule has 0 N–H and O–H groups in total. The number of hydrogen-bond acceptors (Lipinski definition) is 4. The van der Waals surface area contributed by atoms with Crippen molar-refractivity contribution in [2.45, 2.75) is 6.54 Å². The van der Waals surface area contributed by atoms with Crippen molar-refractivity contribution < 1.29 is 9.53 Å². The standard InChI is InChI=1S/C19H16N2O3/c1-24-17(22)13-21-18(15-10-6-3-7-11-15)20-12-16(19(21)23)14-8-4-2-5-9-14/h2-12H,13H2,1H3. The van der Waals surface area contributed by atoms with E-state index in [1.54, 1.807) is 6.20 Å². The third kappa shape index (κ3) is 3.10.